The van der Waals surface area contributed by atoms with Gasteiger partial charge >= 0.3 is 52.3 Å². The van der Waals surface area contributed by atoms with Crippen LogP contribution in [0.25, 0.3) is 0 Å². The Morgan fingerprint density at radius 3 is 1.33 bits per heavy atom. The minimum atomic E-state index is -5.84. The highest BCUT2D eigenvalue weighted by molar-refractivity contribution is 7.87. The summed E-state index contributed by atoms with van der Waals surface area (Å²) in [6.07, 6.45) is 9.83. The molecule has 770 valence electrons. The maximum absolute atomic E-state index is 13.0. The molecule has 44 nitrogen and oxygen atoms in total. The van der Waals surface area contributed by atoms with Crippen LogP contribution in [0.5, 0.6) is 0 Å². The summed E-state index contributed by atoms with van der Waals surface area (Å²) in [4.78, 5) is 82.9. The maximum atomic E-state index is 13.0. The van der Waals surface area contributed by atoms with E-state index in [9.17, 15) is 129 Å². The van der Waals surface area contributed by atoms with E-state index in [2.05, 4.69) is 21.1 Å². The fourth-order valence-electron chi connectivity index (χ4n) is 18.6. The van der Waals surface area contributed by atoms with Gasteiger partial charge in [0.1, 0.15) is 69.2 Å². The van der Waals surface area contributed by atoms with Gasteiger partial charge in [-0.2, -0.15) is 17.6 Å². The first-order valence-electron chi connectivity index (χ1n) is 41.8. The Bertz CT molecular complexity index is 4550. The van der Waals surface area contributed by atoms with E-state index >= 15 is 0 Å². The predicted molar refractivity (Wildman–Crippen MR) is 442 cm³/mol. The van der Waals surface area contributed by atoms with Crippen molar-refractivity contribution < 1.29 is 219 Å². The topological polar surface area (TPSA) is 658 Å². The minimum Gasteiger partial charge on any atom is -0.748 e. The molecule has 0 radical (unpaired) electrons. The van der Waals surface area contributed by atoms with Gasteiger partial charge < -0.3 is 117 Å². The Morgan fingerprint density at radius 2 is 0.843 bits per heavy atom. The molecule has 134 heavy (non-hydrogen) atoms. The number of epoxide rings is 6. The average Bonchev–Trinajstić information content (AvgIpc) is 1.60. The van der Waals surface area contributed by atoms with E-state index in [0.29, 0.717) is 110 Å². The molecule has 0 aromatic rings. The Hall–Kier alpha value is -5.79. The lowest BCUT2D eigenvalue weighted by Crippen LogP contribution is -2.63. The standard InChI is InChI=1S/C17H26O7S.C14H18O9S.C13H18F2O7S.C13H20O7S.C9H16O7S.C8H12F2O7S.6CH3/c1-17(24-9-13-8-23-13)12-5-10-4-11(7-12)15(14(17)6-10)16(18)22-2-3-25(19,20)21;15-13(20-1-2-24(17,18)19)9-7-3-8-10(9)14(16)23-12(8)11(7)22-5-6-4-21-6;14-13(15,23(17,18)19)6-22-12(16)10-2-8-1-7(10)3-11(8)21-5-9-4-20-9;14-13(18-1-2-21(15,16)17)11-4-8-3-10(11)12(5-8)20-7-9-6-19-9;10-9(15-4-5-17(11,12)13)2-1-3-14-6-8-7-16-8;9-8(10,18(12,13)14)5-17-7(11)1-2-15-3-6-4-16-6;;;;;;/h10-15H,2-9H2,1H3,(H,19,20,21);6-12H,1-5H2,(H,17,18,19);7-11H,1-6H2,(H,17,18,19);8-12H,1-7H2,(H,15,16,17);8H,1-7H2,(H,11,12,13);6H,1-5H2,(H,12,13,14);6*1H3/q;;;;;;6*+1/p-6. The molecule has 0 amide bonds. The molecule has 10 aliphatic carbocycles. The third-order valence-corrected chi connectivity index (χ3v) is 29.6. The van der Waals surface area contributed by atoms with E-state index in [1.165, 1.54) is 0 Å². The van der Waals surface area contributed by atoms with Crippen molar-refractivity contribution in [1.82, 2.24) is 0 Å². The Morgan fingerprint density at radius 1 is 0.403 bits per heavy atom. The molecule has 17 aliphatic rings. The Kier molecular flexibility index (Phi) is 44.3. The van der Waals surface area contributed by atoms with Crippen molar-refractivity contribution in [2.75, 3.05) is 155 Å². The van der Waals surface area contributed by atoms with Gasteiger partial charge in [0.15, 0.2) is 33.5 Å². The lowest BCUT2D eigenvalue weighted by atomic mass is 9.46. The van der Waals surface area contributed by atoms with Crippen molar-refractivity contribution in [3.63, 3.8) is 0 Å². The van der Waals surface area contributed by atoms with Crippen LogP contribution >= 0.6 is 0 Å². The molecule has 54 heteroatoms. The molecule has 0 aromatic carbocycles. The monoisotopic (exact) mass is 2050 g/mol. The minimum absolute atomic E-state index is 0. The summed E-state index contributed by atoms with van der Waals surface area (Å²) < 4.78 is 336. The highest BCUT2D eigenvalue weighted by Gasteiger charge is 2.70. The molecule has 10 bridgehead atoms. The molecule has 0 N–H and O–H groups in total. The van der Waals surface area contributed by atoms with E-state index < -0.39 is 168 Å². The summed E-state index contributed by atoms with van der Waals surface area (Å²) in [5, 5.41) is -9.22. The predicted octanol–water partition coefficient (Wildman–Crippen LogP) is 1.45. The number of hydrogen-bond acceptors (Lipinski definition) is 44. The van der Waals surface area contributed by atoms with Crippen LogP contribution in [0.3, 0.4) is 0 Å². The summed E-state index contributed by atoms with van der Waals surface area (Å²) in [5.41, 5.74) is -0.354. The van der Waals surface area contributed by atoms with E-state index in [-0.39, 0.29) is 210 Å². The second kappa shape index (κ2) is 50.1. The van der Waals surface area contributed by atoms with Crippen molar-refractivity contribution >= 4 is 102 Å². The van der Waals surface area contributed by atoms with Crippen LogP contribution < -0.4 is 0 Å². The van der Waals surface area contributed by atoms with Crippen LogP contribution in [0, 0.1) is 133 Å². The Labute approximate surface area is 779 Å². The molecule has 0 spiro atoms. The molecule has 17 rings (SSSR count). The van der Waals surface area contributed by atoms with Crippen LogP contribution in [0.4, 0.5) is 17.6 Å². The molecule has 26 atom stereocenters. The number of alkyl halides is 4. The Balaban J connectivity index is 0.000000283. The third-order valence-electron chi connectivity index (χ3n) is 25.2. The zero-order valence-corrected chi connectivity index (χ0v) is 80.1. The molecule has 0 aromatic heterocycles. The molecule has 7 aliphatic heterocycles. The lowest BCUT2D eigenvalue weighted by molar-refractivity contribution is -0.225. The highest BCUT2D eigenvalue weighted by Crippen LogP contribution is 2.63. The van der Waals surface area contributed by atoms with Gasteiger partial charge in [0.2, 0.25) is 0 Å². The first kappa shape index (κ1) is 119. The van der Waals surface area contributed by atoms with Crippen molar-refractivity contribution in [2.45, 2.75) is 174 Å². The summed E-state index contributed by atoms with van der Waals surface area (Å²) in [6, 6.07) is 0. The third kappa shape index (κ3) is 36.1. The van der Waals surface area contributed by atoms with Crippen molar-refractivity contribution in [3.05, 3.63) is 44.6 Å². The van der Waals surface area contributed by atoms with Gasteiger partial charge in [-0.25, -0.2) is 50.5 Å². The number of fused-ring (bicyclic) bond motifs is 5. The first-order valence-corrected chi connectivity index (χ1v) is 51.0. The molecular weight excluding hydrogens is 1930 g/mol. The summed E-state index contributed by atoms with van der Waals surface area (Å²) in [7, 11) is -29.2. The SMILES string of the molecule is CC1(OCC2CO2)C2CC3CC(C2)C(C(=O)OCCS(=O)(=O)[O-])C1C3.O=C(CCCOCC1CO1)OCCS(=O)(=O)[O-].O=C(CCOCC1CO1)OCC(F)(F)S(=O)(=O)[O-].O=C(OCC(F)(F)S(=O)(=O)[O-])C1CC2CC1CC2OCC1CO1.O=C(OCCS(=O)(=O)[O-])C1C2CC3C(OC(=O)C31)C2OCC1CO1.O=C(OCCS(=O)(=O)[O-])C1CC2CC(OCC3CO3)C1C2.[CH3+].[CH3+].[CH3+].[CH3+].[CH3+].[CH3+]. The fourth-order valence-corrected chi connectivity index (χ4v) is 20.1. The van der Waals surface area contributed by atoms with Crippen LogP contribution in [0.1, 0.15) is 96.8 Å². The van der Waals surface area contributed by atoms with E-state index in [1.807, 2.05) is 0 Å². The number of carbonyl (C=O) groups excluding carboxylic acids is 7. The smallest absolute Gasteiger partial charge is 0.367 e. The second-order valence-corrected chi connectivity index (χ2v) is 43.7. The summed E-state index contributed by atoms with van der Waals surface area (Å²) in [5.74, 6) is -7.46. The fraction of sp³-hybridized carbons (Fsp3) is 0.838. The van der Waals surface area contributed by atoms with E-state index in [1.54, 1.807) is 0 Å². The number of esters is 7. The molecule has 17 fully saturated rings. The van der Waals surface area contributed by atoms with Crippen molar-refractivity contribution in [2.24, 2.45) is 88.8 Å². The average molecular weight is 2060 g/mol. The zero-order valence-electron chi connectivity index (χ0n) is 75.2. The van der Waals surface area contributed by atoms with E-state index in [4.69, 9.17) is 75.8 Å². The number of halogens is 4. The first-order chi connectivity index (χ1) is 59.9. The van der Waals surface area contributed by atoms with Crippen LogP contribution in [0.15, 0.2) is 0 Å². The van der Waals surface area contributed by atoms with Gasteiger partial charge in [0.05, 0.1) is 209 Å². The number of rotatable bonds is 45. The zero-order chi connectivity index (χ0) is 93.3. The molecule has 26 unspecified atom stereocenters. The van der Waals surface area contributed by atoms with Gasteiger partial charge in [-0.1, -0.05) is 0 Å². The normalized spacial score (nSPS) is 33.1. The van der Waals surface area contributed by atoms with Gasteiger partial charge in [-0.3, -0.25) is 33.6 Å². The summed E-state index contributed by atoms with van der Waals surface area (Å²) in [6.45, 7) is 4.36. The van der Waals surface area contributed by atoms with Crippen LogP contribution in [0.2, 0.25) is 0 Å². The van der Waals surface area contributed by atoms with Gasteiger partial charge in [0.25, 0.3) is 0 Å². The molecular formula is C80H122F4O44S6. The van der Waals surface area contributed by atoms with Gasteiger partial charge in [0, 0.05) is 75.3 Å². The molecule has 7 saturated heterocycles. The van der Waals surface area contributed by atoms with Gasteiger partial charge in [-0.05, 0) is 125 Å². The van der Waals surface area contributed by atoms with Gasteiger partial charge in [-0.15, -0.1) is 0 Å². The van der Waals surface area contributed by atoms with Crippen molar-refractivity contribution in [3.8, 4) is 0 Å². The van der Waals surface area contributed by atoms with Crippen LogP contribution in [-0.2, 0) is 184 Å². The second-order valence-electron chi connectivity index (χ2n) is 34.6. The quantitative estimate of drug-likeness (QED) is 0.0158. The lowest BCUT2D eigenvalue weighted by Gasteiger charge is -2.62. The van der Waals surface area contributed by atoms with Crippen molar-refractivity contribution in [1.29, 1.82) is 0 Å². The molecule has 10 saturated carbocycles. The molecule has 7 heterocycles. The highest BCUT2D eigenvalue weighted by atomic mass is 32.2. The largest absolute Gasteiger partial charge is 0.748 e. The number of ether oxygens (including phenoxy) is 19. The number of carbonyl (C=O) groups is 7. The maximum Gasteiger partial charge on any atom is 0.367 e. The summed E-state index contributed by atoms with van der Waals surface area (Å²) >= 11 is 0. The number of hydrogen-bond donors (Lipinski definition) is 0. The van der Waals surface area contributed by atoms with E-state index in [0.717, 1.165) is 71.2 Å². The van der Waals surface area contributed by atoms with Crippen LogP contribution in [-0.4, -0.2) is 352 Å².